The van der Waals surface area contributed by atoms with Crippen molar-refractivity contribution in [3.8, 4) is 11.5 Å². The number of fused-ring (bicyclic) bond motifs is 2. The predicted molar refractivity (Wildman–Crippen MR) is 139 cm³/mol. The monoisotopic (exact) mass is 470 g/mol. The van der Waals surface area contributed by atoms with Crippen molar-refractivity contribution in [3.05, 3.63) is 101 Å². The smallest absolute Gasteiger partial charge is 0.119 e. The number of ether oxygens (including phenoxy) is 2. The van der Waals surface area contributed by atoms with Crippen molar-refractivity contribution < 1.29 is 9.47 Å². The van der Waals surface area contributed by atoms with E-state index in [-0.39, 0.29) is 5.92 Å². The van der Waals surface area contributed by atoms with E-state index in [2.05, 4.69) is 60.0 Å². The van der Waals surface area contributed by atoms with Crippen LogP contribution in [-0.4, -0.2) is 23.3 Å². The molecule has 1 aromatic heterocycles. The van der Waals surface area contributed by atoms with Crippen LogP contribution >= 0.6 is 11.6 Å². The van der Waals surface area contributed by atoms with E-state index in [1.54, 1.807) is 7.11 Å². The van der Waals surface area contributed by atoms with Gasteiger partial charge in [0.25, 0.3) is 0 Å². The molecule has 5 heteroatoms. The summed E-state index contributed by atoms with van der Waals surface area (Å²) in [6.07, 6.45) is 0. The lowest BCUT2D eigenvalue weighted by molar-refractivity contribution is 0.297. The SMILES string of the molecule is COc1ccc2cc(C(C)c3nc4ccccc4n3CCOc3ccc(Cl)c(C)c3)ccc2c1. The zero-order valence-corrected chi connectivity index (χ0v) is 20.3. The molecule has 0 saturated carbocycles. The topological polar surface area (TPSA) is 36.3 Å². The molecule has 0 fully saturated rings. The molecule has 0 saturated heterocycles. The highest BCUT2D eigenvalue weighted by Crippen LogP contribution is 2.31. The Hall–Kier alpha value is -3.50. The Balaban J connectivity index is 1.45. The summed E-state index contributed by atoms with van der Waals surface area (Å²) in [6.45, 7) is 5.44. The van der Waals surface area contributed by atoms with Crippen LogP contribution in [0.5, 0.6) is 11.5 Å². The second-order valence-electron chi connectivity index (χ2n) is 8.56. The Bertz CT molecular complexity index is 1470. The highest BCUT2D eigenvalue weighted by molar-refractivity contribution is 6.31. The molecule has 172 valence electrons. The molecular formula is C29H27ClN2O2. The van der Waals surface area contributed by atoms with Crippen molar-refractivity contribution >= 4 is 33.4 Å². The predicted octanol–water partition coefficient (Wildman–Crippen LogP) is 7.39. The number of para-hydroxylation sites is 2. The third-order valence-corrected chi connectivity index (χ3v) is 6.78. The van der Waals surface area contributed by atoms with Gasteiger partial charge in [-0.25, -0.2) is 4.98 Å². The van der Waals surface area contributed by atoms with Crippen LogP contribution in [0.15, 0.2) is 78.9 Å². The van der Waals surface area contributed by atoms with Crippen LogP contribution in [0.1, 0.15) is 29.8 Å². The molecule has 0 amide bonds. The first-order chi connectivity index (χ1) is 16.5. The van der Waals surface area contributed by atoms with Gasteiger partial charge in [0.05, 0.1) is 24.7 Å². The fraction of sp³-hybridized carbons (Fsp3) is 0.207. The van der Waals surface area contributed by atoms with Crippen molar-refractivity contribution in [1.29, 1.82) is 0 Å². The number of nitrogens with zero attached hydrogens (tertiary/aromatic N) is 2. The Morgan fingerprint density at radius 2 is 1.68 bits per heavy atom. The lowest BCUT2D eigenvalue weighted by Gasteiger charge is -2.17. The van der Waals surface area contributed by atoms with Gasteiger partial charge in [-0.15, -0.1) is 0 Å². The third-order valence-electron chi connectivity index (χ3n) is 6.36. The maximum absolute atomic E-state index is 6.15. The molecule has 0 N–H and O–H groups in total. The highest BCUT2D eigenvalue weighted by Gasteiger charge is 2.19. The van der Waals surface area contributed by atoms with Gasteiger partial charge in [-0.2, -0.15) is 0 Å². The Labute approximate surface area is 204 Å². The molecule has 0 aliphatic carbocycles. The number of imidazole rings is 1. The lowest BCUT2D eigenvalue weighted by Crippen LogP contribution is -2.13. The molecular weight excluding hydrogens is 444 g/mol. The van der Waals surface area contributed by atoms with Gasteiger partial charge in [0, 0.05) is 10.9 Å². The summed E-state index contributed by atoms with van der Waals surface area (Å²) in [6, 6.07) is 26.8. The Kier molecular flexibility index (Phi) is 6.16. The molecule has 0 aliphatic heterocycles. The summed E-state index contributed by atoms with van der Waals surface area (Å²) >= 11 is 6.15. The maximum Gasteiger partial charge on any atom is 0.119 e. The Morgan fingerprint density at radius 1 is 0.912 bits per heavy atom. The molecule has 5 rings (SSSR count). The molecule has 34 heavy (non-hydrogen) atoms. The molecule has 1 unspecified atom stereocenters. The van der Waals surface area contributed by atoms with Gasteiger partial charge in [0.15, 0.2) is 0 Å². The summed E-state index contributed by atoms with van der Waals surface area (Å²) in [5.41, 5.74) is 4.35. The largest absolute Gasteiger partial charge is 0.497 e. The minimum atomic E-state index is 0.122. The summed E-state index contributed by atoms with van der Waals surface area (Å²) in [4.78, 5) is 5.02. The number of aromatic nitrogens is 2. The number of aryl methyl sites for hydroxylation is 1. The van der Waals surface area contributed by atoms with E-state index >= 15 is 0 Å². The van der Waals surface area contributed by atoms with Crippen molar-refractivity contribution in [2.75, 3.05) is 13.7 Å². The molecule has 4 aromatic carbocycles. The Morgan fingerprint density at radius 3 is 2.50 bits per heavy atom. The zero-order valence-electron chi connectivity index (χ0n) is 19.6. The van der Waals surface area contributed by atoms with Crippen LogP contribution in [0.4, 0.5) is 0 Å². The fourth-order valence-corrected chi connectivity index (χ4v) is 4.53. The van der Waals surface area contributed by atoms with E-state index in [0.717, 1.165) is 44.3 Å². The average molecular weight is 471 g/mol. The van der Waals surface area contributed by atoms with Crippen molar-refractivity contribution in [2.45, 2.75) is 26.3 Å². The van der Waals surface area contributed by atoms with Gasteiger partial charge in [-0.1, -0.05) is 54.9 Å². The van der Waals surface area contributed by atoms with E-state index in [9.17, 15) is 0 Å². The number of methoxy groups -OCH3 is 1. The molecule has 4 nitrogen and oxygen atoms in total. The van der Waals surface area contributed by atoms with Crippen molar-refractivity contribution in [1.82, 2.24) is 9.55 Å². The van der Waals surface area contributed by atoms with E-state index in [4.69, 9.17) is 26.1 Å². The molecule has 1 heterocycles. The molecule has 0 spiro atoms. The van der Waals surface area contributed by atoms with Gasteiger partial charge >= 0.3 is 0 Å². The first-order valence-corrected chi connectivity index (χ1v) is 11.8. The van der Waals surface area contributed by atoms with Crippen LogP contribution in [-0.2, 0) is 6.54 Å². The molecule has 0 radical (unpaired) electrons. The van der Waals surface area contributed by atoms with Gasteiger partial charge in [-0.3, -0.25) is 0 Å². The molecule has 1 atom stereocenters. The summed E-state index contributed by atoms with van der Waals surface area (Å²) in [7, 11) is 1.69. The normalized spacial score (nSPS) is 12.2. The first kappa shape index (κ1) is 22.3. The van der Waals surface area contributed by atoms with Crippen LogP contribution in [0.2, 0.25) is 5.02 Å². The number of hydrogen-bond acceptors (Lipinski definition) is 3. The van der Waals surface area contributed by atoms with Crippen LogP contribution < -0.4 is 9.47 Å². The van der Waals surface area contributed by atoms with Crippen LogP contribution in [0, 0.1) is 6.92 Å². The lowest BCUT2D eigenvalue weighted by atomic mass is 9.97. The average Bonchev–Trinajstić information content (AvgIpc) is 3.23. The van der Waals surface area contributed by atoms with Gasteiger partial charge < -0.3 is 14.0 Å². The number of hydrogen-bond donors (Lipinski definition) is 0. The van der Waals surface area contributed by atoms with Gasteiger partial charge in [0.1, 0.15) is 23.9 Å². The summed E-state index contributed by atoms with van der Waals surface area (Å²) in [5.74, 6) is 2.85. The van der Waals surface area contributed by atoms with Crippen molar-refractivity contribution in [2.24, 2.45) is 0 Å². The first-order valence-electron chi connectivity index (χ1n) is 11.5. The quantitative estimate of drug-likeness (QED) is 0.249. The number of benzene rings is 4. The second kappa shape index (κ2) is 9.40. The third kappa shape index (κ3) is 4.34. The summed E-state index contributed by atoms with van der Waals surface area (Å²) in [5, 5.41) is 3.10. The van der Waals surface area contributed by atoms with Gasteiger partial charge in [-0.05, 0) is 71.3 Å². The van der Waals surface area contributed by atoms with E-state index < -0.39 is 0 Å². The van der Waals surface area contributed by atoms with Crippen LogP contribution in [0.3, 0.4) is 0 Å². The standard InChI is InChI=1S/C29H27ClN2O2/c1-19-16-25(12-13-26(19)30)34-15-14-32-28-7-5-4-6-27(28)31-29(32)20(2)21-8-9-23-18-24(33-3)11-10-22(23)17-21/h4-13,16-18,20H,14-15H2,1-3H3. The van der Waals surface area contributed by atoms with E-state index in [1.165, 1.54) is 10.9 Å². The van der Waals surface area contributed by atoms with Gasteiger partial charge in [0.2, 0.25) is 0 Å². The number of halogens is 1. The van der Waals surface area contributed by atoms with Crippen LogP contribution in [0.25, 0.3) is 21.8 Å². The second-order valence-corrected chi connectivity index (χ2v) is 8.97. The molecule has 0 aliphatic rings. The zero-order chi connectivity index (χ0) is 23.7. The minimum Gasteiger partial charge on any atom is -0.497 e. The van der Waals surface area contributed by atoms with E-state index in [1.807, 2.05) is 37.3 Å². The number of rotatable bonds is 7. The van der Waals surface area contributed by atoms with E-state index in [0.29, 0.717) is 13.2 Å². The van der Waals surface area contributed by atoms with Crippen molar-refractivity contribution in [3.63, 3.8) is 0 Å². The maximum atomic E-state index is 6.15. The molecule has 5 aromatic rings. The highest BCUT2D eigenvalue weighted by atomic mass is 35.5. The fourth-order valence-electron chi connectivity index (χ4n) is 4.41. The molecule has 0 bridgehead atoms. The summed E-state index contributed by atoms with van der Waals surface area (Å²) < 4.78 is 13.7. The minimum absolute atomic E-state index is 0.122.